The van der Waals surface area contributed by atoms with Crippen molar-refractivity contribution in [2.24, 2.45) is 0 Å². The van der Waals surface area contributed by atoms with Crippen LogP contribution in [0.2, 0.25) is 0 Å². The van der Waals surface area contributed by atoms with Gasteiger partial charge in [0.1, 0.15) is 0 Å². The van der Waals surface area contributed by atoms with Crippen LogP contribution in [0.25, 0.3) is 10.9 Å². The van der Waals surface area contributed by atoms with Crippen LogP contribution in [0.4, 0.5) is 0 Å². The number of hydrogen-bond donors (Lipinski definition) is 1. The summed E-state index contributed by atoms with van der Waals surface area (Å²) in [6.07, 6.45) is 1.85. The Labute approximate surface area is 81.0 Å². The van der Waals surface area contributed by atoms with Crippen molar-refractivity contribution in [2.45, 2.75) is 6.54 Å². The lowest BCUT2D eigenvalue weighted by atomic mass is 10.2. The van der Waals surface area contributed by atoms with Crippen LogP contribution in [0.15, 0.2) is 24.4 Å². The van der Waals surface area contributed by atoms with Gasteiger partial charge >= 0.3 is 0 Å². The molecule has 0 atom stereocenters. The topological polar surface area (TPSA) is 61.8 Å². The number of nitrogens with zero attached hydrogens (tertiary/aromatic N) is 3. The molecule has 0 saturated heterocycles. The number of benzene rings is 1. The summed E-state index contributed by atoms with van der Waals surface area (Å²) in [5.74, 6) is 0. The third kappa shape index (κ3) is 1.45. The minimum atomic E-state index is 0.0685. The van der Waals surface area contributed by atoms with Crippen LogP contribution in [0.3, 0.4) is 0 Å². The van der Waals surface area contributed by atoms with Crippen LogP contribution in [-0.4, -0.2) is 21.5 Å². The molecule has 1 aromatic carbocycles. The van der Waals surface area contributed by atoms with E-state index in [0.29, 0.717) is 12.1 Å². The minimum absolute atomic E-state index is 0.0685. The molecule has 4 heteroatoms. The van der Waals surface area contributed by atoms with Crippen molar-refractivity contribution in [3.05, 3.63) is 30.0 Å². The van der Waals surface area contributed by atoms with Crippen molar-refractivity contribution in [3.8, 4) is 6.07 Å². The Morgan fingerprint density at radius 3 is 3.07 bits per heavy atom. The summed E-state index contributed by atoms with van der Waals surface area (Å²) in [5.41, 5.74) is 1.39. The summed E-state index contributed by atoms with van der Waals surface area (Å²) in [6, 6.07) is 7.41. The maximum Gasteiger partial charge on any atom is 0.0992 e. The highest BCUT2D eigenvalue weighted by atomic mass is 16.3. The van der Waals surface area contributed by atoms with Gasteiger partial charge < -0.3 is 5.11 Å². The number of aliphatic hydroxyl groups excluding tert-OH is 1. The first-order valence-electron chi connectivity index (χ1n) is 4.31. The van der Waals surface area contributed by atoms with E-state index in [9.17, 15) is 0 Å². The van der Waals surface area contributed by atoms with Gasteiger partial charge in [0.25, 0.3) is 0 Å². The van der Waals surface area contributed by atoms with Crippen molar-refractivity contribution >= 4 is 10.9 Å². The molecule has 0 spiro atoms. The molecule has 1 aromatic heterocycles. The van der Waals surface area contributed by atoms with Crippen molar-refractivity contribution in [1.29, 1.82) is 5.26 Å². The van der Waals surface area contributed by atoms with Crippen LogP contribution in [0.5, 0.6) is 0 Å². The van der Waals surface area contributed by atoms with Gasteiger partial charge in [-0.25, -0.2) is 0 Å². The highest BCUT2D eigenvalue weighted by molar-refractivity contribution is 5.79. The normalized spacial score (nSPS) is 10.3. The average Bonchev–Trinajstić information content (AvgIpc) is 2.59. The Morgan fingerprint density at radius 1 is 1.50 bits per heavy atom. The molecule has 1 N–H and O–H groups in total. The third-order valence-corrected chi connectivity index (χ3v) is 2.01. The number of rotatable bonds is 2. The largest absolute Gasteiger partial charge is 0.394 e. The monoisotopic (exact) mass is 187 g/mol. The summed E-state index contributed by atoms with van der Waals surface area (Å²) in [7, 11) is 0. The van der Waals surface area contributed by atoms with Gasteiger partial charge in [0.15, 0.2) is 0 Å². The van der Waals surface area contributed by atoms with E-state index >= 15 is 0 Å². The highest BCUT2D eigenvalue weighted by Gasteiger charge is 2.00. The molecule has 0 fully saturated rings. The quantitative estimate of drug-likeness (QED) is 0.759. The molecule has 0 saturated carbocycles. The molecule has 0 unspecified atom stereocenters. The van der Waals surface area contributed by atoms with E-state index in [0.717, 1.165) is 10.9 Å². The van der Waals surface area contributed by atoms with E-state index < -0.39 is 0 Å². The number of aromatic nitrogens is 2. The first-order valence-corrected chi connectivity index (χ1v) is 4.31. The lowest BCUT2D eigenvalue weighted by molar-refractivity contribution is 0.270. The second-order valence-electron chi connectivity index (χ2n) is 3.00. The Bertz CT molecular complexity index is 496. The van der Waals surface area contributed by atoms with E-state index in [1.807, 2.05) is 12.3 Å². The molecule has 0 amide bonds. The van der Waals surface area contributed by atoms with Crippen molar-refractivity contribution in [3.63, 3.8) is 0 Å². The van der Waals surface area contributed by atoms with Crippen molar-refractivity contribution < 1.29 is 5.11 Å². The zero-order chi connectivity index (χ0) is 9.97. The van der Waals surface area contributed by atoms with Gasteiger partial charge in [-0.05, 0) is 18.2 Å². The van der Waals surface area contributed by atoms with E-state index in [4.69, 9.17) is 10.4 Å². The second kappa shape index (κ2) is 3.48. The molecule has 70 valence electrons. The van der Waals surface area contributed by atoms with Gasteiger partial charge in [-0.15, -0.1) is 0 Å². The predicted octanol–water partition coefficient (Wildman–Crippen LogP) is 0.900. The highest BCUT2D eigenvalue weighted by Crippen LogP contribution is 2.13. The first kappa shape index (κ1) is 8.73. The molecular formula is C10H9N3O. The third-order valence-electron chi connectivity index (χ3n) is 2.01. The zero-order valence-corrected chi connectivity index (χ0v) is 7.51. The Hall–Kier alpha value is -1.86. The van der Waals surface area contributed by atoms with Gasteiger partial charge in [0.2, 0.25) is 0 Å². The summed E-state index contributed by atoms with van der Waals surface area (Å²) in [6.45, 7) is 0.551. The first-order chi connectivity index (χ1) is 6.83. The fourth-order valence-corrected chi connectivity index (χ4v) is 1.35. The molecule has 0 aliphatic heterocycles. The fraction of sp³-hybridized carbons (Fsp3) is 0.200. The van der Waals surface area contributed by atoms with Crippen LogP contribution in [-0.2, 0) is 6.54 Å². The SMILES string of the molecule is N#Cc1ccc2cn(CCO)nc2c1. The molecule has 2 aromatic rings. The standard InChI is InChI=1S/C10H9N3O/c11-6-8-1-2-9-7-13(3-4-14)12-10(9)5-8/h1-2,5,7,14H,3-4H2. The van der Waals surface area contributed by atoms with Gasteiger partial charge in [-0.2, -0.15) is 10.4 Å². The molecule has 1 heterocycles. The average molecular weight is 187 g/mol. The van der Waals surface area contributed by atoms with Crippen molar-refractivity contribution in [1.82, 2.24) is 9.78 Å². The van der Waals surface area contributed by atoms with Gasteiger partial charge in [0.05, 0.1) is 30.3 Å². The molecular weight excluding hydrogens is 178 g/mol. The Kier molecular flexibility index (Phi) is 2.17. The second-order valence-corrected chi connectivity index (χ2v) is 3.00. The number of hydrogen-bond acceptors (Lipinski definition) is 3. The summed E-state index contributed by atoms with van der Waals surface area (Å²) in [4.78, 5) is 0. The molecule has 0 radical (unpaired) electrons. The summed E-state index contributed by atoms with van der Waals surface area (Å²) >= 11 is 0. The summed E-state index contributed by atoms with van der Waals surface area (Å²) in [5, 5.41) is 22.6. The molecule has 0 aliphatic carbocycles. The van der Waals surface area contributed by atoms with Gasteiger partial charge in [-0.1, -0.05) is 0 Å². The van der Waals surface area contributed by atoms with E-state index in [2.05, 4.69) is 11.2 Å². The molecule has 14 heavy (non-hydrogen) atoms. The van der Waals surface area contributed by atoms with Crippen LogP contribution < -0.4 is 0 Å². The fourth-order valence-electron chi connectivity index (χ4n) is 1.35. The van der Waals surface area contributed by atoms with Gasteiger partial charge in [0, 0.05) is 11.6 Å². The predicted molar refractivity (Wildman–Crippen MR) is 51.5 cm³/mol. The zero-order valence-electron chi connectivity index (χ0n) is 7.51. The van der Waals surface area contributed by atoms with E-state index in [1.54, 1.807) is 16.8 Å². The lowest BCUT2D eigenvalue weighted by Crippen LogP contribution is -2.01. The van der Waals surface area contributed by atoms with Crippen molar-refractivity contribution in [2.75, 3.05) is 6.61 Å². The van der Waals surface area contributed by atoms with Gasteiger partial charge in [-0.3, -0.25) is 4.68 Å². The van der Waals surface area contributed by atoms with Crippen LogP contribution in [0, 0.1) is 11.3 Å². The molecule has 4 nitrogen and oxygen atoms in total. The smallest absolute Gasteiger partial charge is 0.0992 e. The maximum absolute atomic E-state index is 8.73. The number of nitriles is 1. The Morgan fingerprint density at radius 2 is 2.36 bits per heavy atom. The molecule has 0 bridgehead atoms. The van der Waals surface area contributed by atoms with E-state index in [1.165, 1.54) is 0 Å². The molecule has 2 rings (SSSR count). The maximum atomic E-state index is 8.73. The molecule has 0 aliphatic rings. The van der Waals surface area contributed by atoms with Crippen LogP contribution >= 0.6 is 0 Å². The Balaban J connectivity index is 2.50. The van der Waals surface area contributed by atoms with Crippen LogP contribution in [0.1, 0.15) is 5.56 Å². The van der Waals surface area contributed by atoms with E-state index in [-0.39, 0.29) is 6.61 Å². The number of fused-ring (bicyclic) bond motifs is 1. The summed E-state index contributed by atoms with van der Waals surface area (Å²) < 4.78 is 1.67. The minimum Gasteiger partial charge on any atom is -0.394 e. The number of aliphatic hydroxyl groups is 1. The lowest BCUT2D eigenvalue weighted by Gasteiger charge is -1.93.